The van der Waals surface area contributed by atoms with Crippen LogP contribution in [0.25, 0.3) is 0 Å². The number of unbranched alkanes of at least 4 members (excludes halogenated alkanes) is 3. The number of carbonyl (C=O) groups is 3. The molecule has 6 rings (SSSR count). The van der Waals surface area contributed by atoms with Crippen LogP contribution < -0.4 is 4.90 Å². The highest BCUT2D eigenvalue weighted by molar-refractivity contribution is 8.02. The first-order valence-corrected chi connectivity index (χ1v) is 16.4. The molecule has 5 atom stereocenters. The molecule has 4 aliphatic heterocycles. The first kappa shape index (κ1) is 29.7. The summed E-state index contributed by atoms with van der Waals surface area (Å²) < 4.78 is -0.824. The minimum absolute atomic E-state index is 0.0122. The number of benzene rings is 2. The molecule has 1 N–H and O–H groups in total. The summed E-state index contributed by atoms with van der Waals surface area (Å²) in [7, 11) is 0. The van der Waals surface area contributed by atoms with Crippen molar-refractivity contribution >= 4 is 35.2 Å². The lowest BCUT2D eigenvalue weighted by Crippen LogP contribution is -2.53. The molecule has 2 aromatic rings. The highest BCUT2D eigenvalue weighted by Gasteiger charge is 2.71. The summed E-state index contributed by atoms with van der Waals surface area (Å²) in [4.78, 5) is 49.2. The molecule has 0 bridgehead atoms. The molecular formula is C35H41N3O4S. The van der Waals surface area contributed by atoms with Gasteiger partial charge in [0.25, 0.3) is 5.91 Å². The van der Waals surface area contributed by atoms with E-state index in [4.69, 9.17) is 0 Å². The summed E-state index contributed by atoms with van der Waals surface area (Å²) in [5.41, 5.74) is 3.99. The second-order valence-corrected chi connectivity index (χ2v) is 13.7. The molecule has 0 radical (unpaired) electrons. The lowest BCUT2D eigenvalue weighted by molar-refractivity contribution is -0.143. The second-order valence-electron chi connectivity index (χ2n) is 12.2. The zero-order valence-corrected chi connectivity index (χ0v) is 25.8. The fourth-order valence-electron chi connectivity index (χ4n) is 7.55. The Morgan fingerprint density at radius 1 is 0.860 bits per heavy atom. The molecule has 7 nitrogen and oxygen atoms in total. The number of anilines is 1. The molecule has 0 aromatic heterocycles. The number of hydrogen-bond donors (Lipinski definition) is 1. The van der Waals surface area contributed by atoms with Crippen molar-refractivity contribution in [2.75, 3.05) is 31.1 Å². The number of carbonyl (C=O) groups excluding carboxylic acids is 3. The van der Waals surface area contributed by atoms with Gasteiger partial charge in [0.1, 0.15) is 6.04 Å². The number of hydrogen-bond acceptors (Lipinski definition) is 5. The number of aliphatic hydroxyl groups is 1. The number of likely N-dealkylation sites (tertiary alicyclic amines) is 1. The van der Waals surface area contributed by atoms with Crippen molar-refractivity contribution in [3.63, 3.8) is 0 Å². The van der Waals surface area contributed by atoms with Crippen LogP contribution >= 0.6 is 11.8 Å². The summed E-state index contributed by atoms with van der Waals surface area (Å²) in [6.07, 6.45) is 11.5. The predicted molar refractivity (Wildman–Crippen MR) is 171 cm³/mol. The number of para-hydroxylation sites is 1. The van der Waals surface area contributed by atoms with Crippen molar-refractivity contribution in [1.29, 1.82) is 0 Å². The van der Waals surface area contributed by atoms with E-state index in [1.807, 2.05) is 78.3 Å². The van der Waals surface area contributed by atoms with Gasteiger partial charge in [0, 0.05) is 43.7 Å². The van der Waals surface area contributed by atoms with Crippen LogP contribution in [0.5, 0.6) is 0 Å². The van der Waals surface area contributed by atoms with Crippen LogP contribution in [0, 0.1) is 25.7 Å². The number of amides is 3. The highest BCUT2D eigenvalue weighted by Crippen LogP contribution is 2.61. The quantitative estimate of drug-likeness (QED) is 0.335. The van der Waals surface area contributed by atoms with Crippen LogP contribution in [0.3, 0.4) is 0 Å². The summed E-state index contributed by atoms with van der Waals surface area (Å²) in [6, 6.07) is 15.3. The molecule has 2 aromatic carbocycles. The van der Waals surface area contributed by atoms with Crippen molar-refractivity contribution in [1.82, 2.24) is 9.80 Å². The standard InChI is InChI=1S/C35H41N3O4S/c1-24-13-10-14-25(2)30(24)37-21-12-18-35-29(33(41)38(31(35)34(37)42)20-8-3-4-9-22-39)28-27(43-35)17-11-19-36(32(28)40)23-26-15-6-5-7-16-26/h5-7,10-18,27-29,31,39H,3-4,8-9,19-23H2,1-2H3/t27-,28+,29-,31?,35-/m0/s1. The summed E-state index contributed by atoms with van der Waals surface area (Å²) in [6.45, 7) is 6.07. The van der Waals surface area contributed by atoms with Gasteiger partial charge < -0.3 is 19.8 Å². The van der Waals surface area contributed by atoms with Gasteiger partial charge in [0.15, 0.2) is 0 Å². The van der Waals surface area contributed by atoms with E-state index >= 15 is 0 Å². The number of aliphatic hydroxyl groups excluding tert-OH is 1. The van der Waals surface area contributed by atoms with Gasteiger partial charge >= 0.3 is 0 Å². The van der Waals surface area contributed by atoms with Crippen LogP contribution in [0.1, 0.15) is 42.4 Å². The molecular weight excluding hydrogens is 558 g/mol. The van der Waals surface area contributed by atoms with Crippen LogP contribution in [0.2, 0.25) is 0 Å². The smallest absolute Gasteiger partial charge is 0.251 e. The molecule has 3 amide bonds. The minimum Gasteiger partial charge on any atom is -0.396 e. The number of nitrogens with zero attached hydrogens (tertiary/aromatic N) is 3. The van der Waals surface area contributed by atoms with Crippen molar-refractivity contribution in [2.24, 2.45) is 11.8 Å². The van der Waals surface area contributed by atoms with Crippen molar-refractivity contribution in [3.8, 4) is 0 Å². The van der Waals surface area contributed by atoms with Gasteiger partial charge in [0.2, 0.25) is 11.8 Å². The first-order chi connectivity index (χ1) is 20.9. The SMILES string of the molecule is Cc1cccc(C)c1N1CC=C[C@]23S[C@H]4C=CCN(Cc5ccccc5)C(=O)[C@H]4[C@H]2C(=O)N(CCCCCCO)C3C1=O. The van der Waals surface area contributed by atoms with E-state index in [9.17, 15) is 19.5 Å². The Morgan fingerprint density at radius 3 is 2.35 bits per heavy atom. The maximum atomic E-state index is 14.8. The lowest BCUT2D eigenvalue weighted by Gasteiger charge is -2.36. The van der Waals surface area contributed by atoms with E-state index in [0.717, 1.165) is 48.1 Å². The molecule has 226 valence electrons. The number of thioether (sulfide) groups is 1. The maximum Gasteiger partial charge on any atom is 0.251 e. The molecule has 0 saturated carbocycles. The fourth-order valence-corrected chi connectivity index (χ4v) is 9.56. The van der Waals surface area contributed by atoms with Gasteiger partial charge in [-0.2, -0.15) is 0 Å². The molecule has 4 heterocycles. The molecule has 1 spiro atoms. The topological polar surface area (TPSA) is 81.2 Å². The Kier molecular flexibility index (Phi) is 8.51. The van der Waals surface area contributed by atoms with E-state index in [1.165, 1.54) is 0 Å². The van der Waals surface area contributed by atoms with Gasteiger partial charge in [-0.25, -0.2) is 0 Å². The zero-order chi connectivity index (χ0) is 30.1. The molecule has 0 aliphatic carbocycles. The van der Waals surface area contributed by atoms with Gasteiger partial charge in [0.05, 0.1) is 16.6 Å². The minimum atomic E-state index is -0.824. The Labute approximate surface area is 258 Å². The van der Waals surface area contributed by atoms with E-state index in [-0.39, 0.29) is 29.6 Å². The Bertz CT molecular complexity index is 1420. The molecule has 1 unspecified atom stereocenters. The molecule has 2 saturated heterocycles. The largest absolute Gasteiger partial charge is 0.396 e. The third-order valence-electron chi connectivity index (χ3n) is 9.47. The summed E-state index contributed by atoms with van der Waals surface area (Å²) >= 11 is 1.64. The average Bonchev–Trinajstić information content (AvgIpc) is 3.31. The highest BCUT2D eigenvalue weighted by atomic mass is 32.2. The monoisotopic (exact) mass is 599 g/mol. The van der Waals surface area contributed by atoms with Crippen LogP contribution in [0.4, 0.5) is 5.69 Å². The molecule has 2 fully saturated rings. The Hall–Kier alpha value is -3.36. The van der Waals surface area contributed by atoms with Gasteiger partial charge in [-0.05, 0) is 43.4 Å². The third-order valence-corrected chi connectivity index (χ3v) is 11.2. The second kappa shape index (κ2) is 12.3. The van der Waals surface area contributed by atoms with Crippen molar-refractivity contribution < 1.29 is 19.5 Å². The van der Waals surface area contributed by atoms with Gasteiger partial charge in [-0.3, -0.25) is 14.4 Å². The Balaban J connectivity index is 1.38. The van der Waals surface area contributed by atoms with E-state index < -0.39 is 22.6 Å². The molecule has 43 heavy (non-hydrogen) atoms. The molecule has 4 aliphatic rings. The van der Waals surface area contributed by atoms with Crippen molar-refractivity contribution in [3.05, 3.63) is 89.5 Å². The normalized spacial score (nSPS) is 28.2. The summed E-state index contributed by atoms with van der Waals surface area (Å²) in [5.74, 6) is -1.32. The van der Waals surface area contributed by atoms with E-state index in [1.54, 1.807) is 16.7 Å². The van der Waals surface area contributed by atoms with Crippen LogP contribution in [-0.4, -0.2) is 74.9 Å². The summed E-state index contributed by atoms with van der Waals surface area (Å²) in [5, 5.41) is 9.06. The zero-order valence-electron chi connectivity index (χ0n) is 25.0. The predicted octanol–water partition coefficient (Wildman–Crippen LogP) is 4.65. The number of rotatable bonds is 9. The maximum absolute atomic E-state index is 14.8. The fraction of sp³-hybridized carbons (Fsp3) is 0.457. The van der Waals surface area contributed by atoms with E-state index in [2.05, 4.69) is 18.2 Å². The lowest BCUT2D eigenvalue weighted by atomic mass is 9.78. The number of fused-ring (bicyclic) bond motifs is 2. The van der Waals surface area contributed by atoms with Gasteiger partial charge in [-0.1, -0.05) is 85.7 Å². The third kappa shape index (κ3) is 5.22. The first-order valence-electron chi connectivity index (χ1n) is 15.5. The molecule has 8 heteroatoms. The van der Waals surface area contributed by atoms with Crippen LogP contribution in [-0.2, 0) is 20.9 Å². The van der Waals surface area contributed by atoms with Gasteiger partial charge in [-0.15, -0.1) is 11.8 Å². The Morgan fingerprint density at radius 2 is 1.60 bits per heavy atom. The van der Waals surface area contributed by atoms with E-state index in [0.29, 0.717) is 26.2 Å². The van der Waals surface area contributed by atoms with Crippen molar-refractivity contribution in [2.45, 2.75) is 62.1 Å². The average molecular weight is 600 g/mol. The number of aryl methyl sites for hydroxylation is 2. The van der Waals surface area contributed by atoms with Crippen LogP contribution in [0.15, 0.2) is 72.8 Å².